The van der Waals surface area contributed by atoms with Crippen LogP contribution in [-0.4, -0.2) is 17.3 Å². The fourth-order valence-electron chi connectivity index (χ4n) is 1.83. The van der Waals surface area contributed by atoms with Gasteiger partial charge in [-0.3, -0.25) is 0 Å². The summed E-state index contributed by atoms with van der Waals surface area (Å²) in [5, 5.41) is 0. The predicted octanol–water partition coefficient (Wildman–Crippen LogP) is 3.37. The van der Waals surface area contributed by atoms with Crippen molar-refractivity contribution in [1.29, 1.82) is 0 Å². The van der Waals surface area contributed by atoms with E-state index in [0.29, 0.717) is 0 Å². The van der Waals surface area contributed by atoms with Gasteiger partial charge in [0, 0.05) is 0 Å². The maximum atomic E-state index is 2.29. The summed E-state index contributed by atoms with van der Waals surface area (Å²) in [7, 11) is 0.867. The molecule has 1 fully saturated rings. The lowest BCUT2D eigenvalue weighted by atomic mass is 10.2. The lowest BCUT2D eigenvalue weighted by Crippen LogP contribution is -2.08. The average molecular weight is 187 g/mol. The zero-order valence-corrected chi connectivity index (χ0v) is 9.30. The van der Waals surface area contributed by atoms with Gasteiger partial charge in [0.05, 0.1) is 0 Å². The molecule has 1 aliphatic heterocycles. The van der Waals surface area contributed by atoms with Gasteiger partial charge in [0.15, 0.2) is 0 Å². The van der Waals surface area contributed by atoms with E-state index in [1.165, 1.54) is 44.9 Å². The molecule has 0 unspecified atom stereocenters. The van der Waals surface area contributed by atoms with E-state index in [4.69, 9.17) is 0 Å². The lowest BCUT2D eigenvalue weighted by molar-refractivity contribution is 0.659. The van der Waals surface area contributed by atoms with E-state index >= 15 is 0 Å². The quantitative estimate of drug-likeness (QED) is 0.442. The molecule has 1 saturated heterocycles. The van der Waals surface area contributed by atoms with Crippen molar-refractivity contribution in [2.45, 2.75) is 51.9 Å². The summed E-state index contributed by atoms with van der Waals surface area (Å²) in [6, 6.07) is 0. The molecule has 1 rings (SSSR count). The van der Waals surface area contributed by atoms with E-state index < -0.39 is 0 Å². The first-order valence-electron chi connectivity index (χ1n) is 5.57. The molecule has 72 valence electrons. The lowest BCUT2D eigenvalue weighted by Gasteiger charge is -2.00. The van der Waals surface area contributed by atoms with Gasteiger partial charge in [-0.25, -0.2) is 0 Å². The van der Waals surface area contributed by atoms with Crippen molar-refractivity contribution in [2.24, 2.45) is 0 Å². The SMILES string of the molecule is CCCCCCC[S+]1CCCC1. The van der Waals surface area contributed by atoms with Crippen molar-refractivity contribution in [1.82, 2.24) is 0 Å². The van der Waals surface area contributed by atoms with Crippen molar-refractivity contribution in [3.8, 4) is 0 Å². The molecular weight excluding hydrogens is 164 g/mol. The first-order valence-corrected chi connectivity index (χ1v) is 7.31. The van der Waals surface area contributed by atoms with E-state index in [-0.39, 0.29) is 0 Å². The largest absolute Gasteiger partial charge is 0.108 e. The molecule has 0 aromatic carbocycles. The molecule has 0 spiro atoms. The molecule has 1 heteroatoms. The summed E-state index contributed by atoms with van der Waals surface area (Å²) in [4.78, 5) is 0. The molecule has 0 aromatic rings. The molecule has 12 heavy (non-hydrogen) atoms. The Bertz CT molecular complexity index is 95.2. The Morgan fingerprint density at radius 2 is 1.58 bits per heavy atom. The third-order valence-electron chi connectivity index (χ3n) is 2.65. The summed E-state index contributed by atoms with van der Waals surface area (Å²) < 4.78 is 0. The standard InChI is InChI=1S/C11H23S/c1-2-3-4-5-6-9-12-10-7-8-11-12/h2-11H2,1H3/q+1. The maximum absolute atomic E-state index is 2.29. The summed E-state index contributed by atoms with van der Waals surface area (Å²) in [6.07, 6.45) is 10.4. The Morgan fingerprint density at radius 1 is 0.917 bits per heavy atom. The molecule has 0 saturated carbocycles. The minimum atomic E-state index is 0.867. The molecule has 0 nitrogen and oxygen atoms in total. The third-order valence-corrected chi connectivity index (χ3v) is 5.25. The average Bonchev–Trinajstić information content (AvgIpc) is 2.57. The fourth-order valence-corrected chi connectivity index (χ4v) is 4.28. The minimum Gasteiger partial charge on any atom is -0.0654 e. The van der Waals surface area contributed by atoms with Crippen molar-refractivity contribution < 1.29 is 0 Å². The Hall–Kier alpha value is 0.350. The van der Waals surface area contributed by atoms with Gasteiger partial charge in [-0.2, -0.15) is 0 Å². The second kappa shape index (κ2) is 6.82. The van der Waals surface area contributed by atoms with Gasteiger partial charge in [0.1, 0.15) is 17.3 Å². The second-order valence-corrected chi connectivity index (χ2v) is 6.30. The molecule has 0 radical (unpaired) electrons. The Labute approximate surface area is 80.5 Å². The molecule has 0 aliphatic carbocycles. The summed E-state index contributed by atoms with van der Waals surface area (Å²) in [6.45, 7) is 2.29. The van der Waals surface area contributed by atoms with Gasteiger partial charge in [0.25, 0.3) is 0 Å². The molecule has 0 N–H and O–H groups in total. The van der Waals surface area contributed by atoms with E-state index in [1.54, 1.807) is 17.3 Å². The Kier molecular flexibility index (Phi) is 5.93. The van der Waals surface area contributed by atoms with E-state index in [2.05, 4.69) is 6.92 Å². The van der Waals surface area contributed by atoms with Crippen LogP contribution in [0.5, 0.6) is 0 Å². The van der Waals surface area contributed by atoms with Crippen LogP contribution in [0.2, 0.25) is 0 Å². The molecule has 1 heterocycles. The van der Waals surface area contributed by atoms with Crippen LogP contribution in [0.25, 0.3) is 0 Å². The van der Waals surface area contributed by atoms with E-state index in [9.17, 15) is 0 Å². The summed E-state index contributed by atoms with van der Waals surface area (Å²) >= 11 is 0. The van der Waals surface area contributed by atoms with Crippen LogP contribution in [0.4, 0.5) is 0 Å². The third kappa shape index (κ3) is 4.39. The van der Waals surface area contributed by atoms with E-state index in [1.807, 2.05) is 0 Å². The first-order chi connectivity index (χ1) is 5.93. The smallest absolute Gasteiger partial charge is 0.0654 e. The zero-order valence-electron chi connectivity index (χ0n) is 8.48. The summed E-state index contributed by atoms with van der Waals surface area (Å²) in [5.74, 6) is 4.69. The van der Waals surface area contributed by atoms with Gasteiger partial charge in [0.2, 0.25) is 0 Å². The minimum absolute atomic E-state index is 0.867. The highest BCUT2D eigenvalue weighted by Gasteiger charge is 2.22. The molecule has 1 aliphatic rings. The normalized spacial score (nSPS) is 18.8. The Balaban J connectivity index is 1.81. The van der Waals surface area contributed by atoms with Crippen molar-refractivity contribution in [3.63, 3.8) is 0 Å². The van der Waals surface area contributed by atoms with Crippen LogP contribution >= 0.6 is 0 Å². The first kappa shape index (κ1) is 10.4. The highest BCUT2D eigenvalue weighted by Crippen LogP contribution is 2.15. The fraction of sp³-hybridized carbons (Fsp3) is 1.00. The number of rotatable bonds is 6. The monoisotopic (exact) mass is 187 g/mol. The van der Waals surface area contributed by atoms with Crippen LogP contribution in [-0.2, 0) is 10.9 Å². The number of hydrogen-bond donors (Lipinski definition) is 0. The van der Waals surface area contributed by atoms with Crippen LogP contribution in [0, 0.1) is 0 Å². The van der Waals surface area contributed by atoms with Gasteiger partial charge in [-0.05, 0) is 36.6 Å². The zero-order chi connectivity index (χ0) is 8.65. The van der Waals surface area contributed by atoms with Crippen LogP contribution in [0.15, 0.2) is 0 Å². The van der Waals surface area contributed by atoms with Crippen LogP contribution < -0.4 is 0 Å². The number of unbranched alkanes of at least 4 members (excludes halogenated alkanes) is 4. The number of hydrogen-bond acceptors (Lipinski definition) is 0. The van der Waals surface area contributed by atoms with Gasteiger partial charge in [-0.1, -0.05) is 26.2 Å². The maximum Gasteiger partial charge on any atom is 0.108 e. The highest BCUT2D eigenvalue weighted by atomic mass is 32.2. The van der Waals surface area contributed by atoms with Crippen LogP contribution in [0.3, 0.4) is 0 Å². The molecule has 0 bridgehead atoms. The molecule has 0 aromatic heterocycles. The Morgan fingerprint density at radius 3 is 2.25 bits per heavy atom. The predicted molar refractivity (Wildman–Crippen MR) is 60.0 cm³/mol. The van der Waals surface area contributed by atoms with Gasteiger partial charge >= 0.3 is 0 Å². The van der Waals surface area contributed by atoms with Gasteiger partial charge in [-0.15, -0.1) is 0 Å². The topological polar surface area (TPSA) is 0 Å². The van der Waals surface area contributed by atoms with Gasteiger partial charge < -0.3 is 0 Å². The molecule has 0 atom stereocenters. The second-order valence-electron chi connectivity index (χ2n) is 3.85. The van der Waals surface area contributed by atoms with Crippen molar-refractivity contribution in [3.05, 3.63) is 0 Å². The molecular formula is C11H23S+. The summed E-state index contributed by atoms with van der Waals surface area (Å²) in [5.41, 5.74) is 0. The van der Waals surface area contributed by atoms with Crippen molar-refractivity contribution >= 4 is 10.9 Å². The van der Waals surface area contributed by atoms with Crippen molar-refractivity contribution in [2.75, 3.05) is 17.3 Å². The molecule has 0 amide bonds. The van der Waals surface area contributed by atoms with E-state index in [0.717, 1.165) is 10.9 Å². The highest BCUT2D eigenvalue weighted by molar-refractivity contribution is 7.97. The van der Waals surface area contributed by atoms with Crippen LogP contribution in [0.1, 0.15) is 51.9 Å².